The van der Waals surface area contributed by atoms with Crippen molar-refractivity contribution in [2.75, 3.05) is 6.54 Å². The molecule has 0 aliphatic carbocycles. The predicted octanol–water partition coefficient (Wildman–Crippen LogP) is 2.14. The van der Waals surface area contributed by atoms with Crippen LogP contribution in [0.15, 0.2) is 18.2 Å². The Morgan fingerprint density at radius 2 is 2.18 bits per heavy atom. The van der Waals surface area contributed by atoms with Crippen LogP contribution in [-0.2, 0) is 4.79 Å². The van der Waals surface area contributed by atoms with E-state index in [1.165, 1.54) is 0 Å². The van der Waals surface area contributed by atoms with E-state index in [1.54, 1.807) is 23.1 Å². The summed E-state index contributed by atoms with van der Waals surface area (Å²) in [5.74, 6) is 0.643. The van der Waals surface area contributed by atoms with Crippen LogP contribution in [0, 0.1) is 11.3 Å². The Morgan fingerprint density at radius 3 is 2.86 bits per heavy atom. The smallest absolute Gasteiger partial charge is 0.223 e. The van der Waals surface area contributed by atoms with Gasteiger partial charge in [0.15, 0.2) is 0 Å². The third-order valence-electron chi connectivity index (χ3n) is 4.54. The first-order valence-corrected chi connectivity index (χ1v) is 7.64. The summed E-state index contributed by atoms with van der Waals surface area (Å²) in [4.78, 5) is 14.0. The Balaban J connectivity index is 2.03. The molecule has 0 aromatic heterocycles. The minimum atomic E-state index is -0.853. The van der Waals surface area contributed by atoms with E-state index >= 15 is 0 Å². The van der Waals surface area contributed by atoms with Crippen molar-refractivity contribution in [1.29, 1.82) is 5.26 Å². The highest BCUT2D eigenvalue weighted by atomic mass is 16.5. The molecular formula is C17H20N2O3. The summed E-state index contributed by atoms with van der Waals surface area (Å²) < 4.78 is 6.04. The number of hydrogen-bond donors (Lipinski definition) is 1. The van der Waals surface area contributed by atoms with Crippen molar-refractivity contribution >= 4 is 5.91 Å². The van der Waals surface area contributed by atoms with Crippen molar-refractivity contribution in [2.24, 2.45) is 0 Å². The van der Waals surface area contributed by atoms with Gasteiger partial charge in [0.2, 0.25) is 5.91 Å². The van der Waals surface area contributed by atoms with E-state index < -0.39 is 17.7 Å². The fourth-order valence-electron chi connectivity index (χ4n) is 3.50. The number of nitriles is 1. The molecule has 5 nitrogen and oxygen atoms in total. The molecule has 1 fully saturated rings. The van der Waals surface area contributed by atoms with Crippen LogP contribution in [-0.4, -0.2) is 34.1 Å². The molecule has 2 atom stereocenters. The van der Waals surface area contributed by atoms with Gasteiger partial charge >= 0.3 is 0 Å². The summed E-state index contributed by atoms with van der Waals surface area (Å²) >= 11 is 0. The second-order valence-corrected chi connectivity index (χ2v) is 6.50. The normalized spacial score (nSPS) is 26.8. The lowest BCUT2D eigenvalue weighted by Crippen LogP contribution is -2.60. The third-order valence-corrected chi connectivity index (χ3v) is 4.54. The van der Waals surface area contributed by atoms with Crippen LogP contribution in [0.1, 0.15) is 50.3 Å². The molecule has 0 spiro atoms. The first kappa shape index (κ1) is 14.9. The summed E-state index contributed by atoms with van der Waals surface area (Å²) in [7, 11) is 0. The molecule has 0 bridgehead atoms. The Morgan fingerprint density at radius 1 is 1.41 bits per heavy atom. The van der Waals surface area contributed by atoms with E-state index in [2.05, 4.69) is 6.07 Å². The van der Waals surface area contributed by atoms with Gasteiger partial charge in [0, 0.05) is 18.5 Å². The minimum Gasteiger partial charge on any atom is -0.485 e. The van der Waals surface area contributed by atoms with Gasteiger partial charge in [-0.15, -0.1) is 0 Å². The van der Waals surface area contributed by atoms with Gasteiger partial charge in [0.05, 0.1) is 11.6 Å². The number of hydrogen-bond acceptors (Lipinski definition) is 4. The average Bonchev–Trinajstić information content (AvgIpc) is 2.48. The van der Waals surface area contributed by atoms with Gasteiger partial charge in [-0.3, -0.25) is 4.79 Å². The van der Waals surface area contributed by atoms with Crippen LogP contribution in [0.3, 0.4) is 0 Å². The van der Waals surface area contributed by atoms with Gasteiger partial charge in [0.1, 0.15) is 23.5 Å². The number of carbonyl (C=O) groups excluding carboxylic acids is 1. The second-order valence-electron chi connectivity index (χ2n) is 6.50. The Labute approximate surface area is 130 Å². The van der Waals surface area contributed by atoms with Crippen molar-refractivity contribution in [1.82, 2.24) is 4.90 Å². The van der Waals surface area contributed by atoms with E-state index in [0.717, 1.165) is 12.8 Å². The van der Waals surface area contributed by atoms with Crippen molar-refractivity contribution in [3.05, 3.63) is 29.3 Å². The quantitative estimate of drug-likeness (QED) is 0.862. The molecule has 1 N–H and O–H groups in total. The molecule has 2 aliphatic rings. The Kier molecular flexibility index (Phi) is 3.57. The summed E-state index contributed by atoms with van der Waals surface area (Å²) in [5, 5.41) is 19.9. The molecule has 5 heteroatoms. The van der Waals surface area contributed by atoms with Gasteiger partial charge in [-0.25, -0.2) is 0 Å². The molecule has 0 saturated carbocycles. The van der Waals surface area contributed by atoms with Gasteiger partial charge in [-0.2, -0.15) is 5.26 Å². The molecule has 1 aromatic rings. The number of ether oxygens (including phenoxy) is 1. The zero-order valence-electron chi connectivity index (χ0n) is 12.9. The number of likely N-dealkylation sites (tertiary alicyclic amines) is 1. The zero-order valence-corrected chi connectivity index (χ0v) is 12.9. The van der Waals surface area contributed by atoms with Crippen LogP contribution < -0.4 is 4.74 Å². The monoisotopic (exact) mass is 300 g/mol. The predicted molar refractivity (Wildman–Crippen MR) is 80.2 cm³/mol. The molecule has 2 heterocycles. The molecule has 1 unspecified atom stereocenters. The van der Waals surface area contributed by atoms with E-state index in [-0.39, 0.29) is 5.91 Å². The highest BCUT2D eigenvalue weighted by Gasteiger charge is 2.48. The van der Waals surface area contributed by atoms with Gasteiger partial charge in [-0.1, -0.05) is 0 Å². The van der Waals surface area contributed by atoms with Gasteiger partial charge < -0.3 is 14.7 Å². The standard InChI is InChI=1S/C17H20N2O3/c1-17(2)16(19-8-4-3-5-14(19)20)15(21)12-9-11(10-18)6-7-13(12)22-17/h6-7,9,15-16,21H,3-5,8H2,1-2H3/t15?,16-/m1/s1. The van der Waals surface area contributed by atoms with Crippen molar-refractivity contribution in [3.8, 4) is 11.8 Å². The first-order valence-electron chi connectivity index (χ1n) is 7.64. The van der Waals surface area contributed by atoms with Crippen molar-refractivity contribution in [3.63, 3.8) is 0 Å². The highest BCUT2D eigenvalue weighted by molar-refractivity contribution is 5.77. The summed E-state index contributed by atoms with van der Waals surface area (Å²) in [6.07, 6.45) is 1.50. The number of carbonyl (C=O) groups is 1. The van der Waals surface area contributed by atoms with Crippen molar-refractivity contribution in [2.45, 2.75) is 50.9 Å². The SMILES string of the molecule is CC1(C)Oc2ccc(C#N)cc2C(O)[C@H]1N1CCCCC1=O. The average molecular weight is 300 g/mol. The highest BCUT2D eigenvalue weighted by Crippen LogP contribution is 2.43. The largest absolute Gasteiger partial charge is 0.485 e. The zero-order chi connectivity index (χ0) is 15.9. The summed E-state index contributed by atoms with van der Waals surface area (Å²) in [5.41, 5.74) is 0.375. The number of aliphatic hydroxyl groups excluding tert-OH is 1. The number of benzene rings is 1. The summed E-state index contributed by atoms with van der Waals surface area (Å²) in [6, 6.07) is 6.67. The molecular weight excluding hydrogens is 280 g/mol. The lowest BCUT2D eigenvalue weighted by Gasteiger charge is -2.49. The number of fused-ring (bicyclic) bond motifs is 1. The summed E-state index contributed by atoms with van der Waals surface area (Å²) in [6.45, 7) is 4.43. The number of piperidine rings is 1. The maximum absolute atomic E-state index is 12.3. The van der Waals surface area contributed by atoms with Crippen LogP contribution in [0.25, 0.3) is 0 Å². The number of amides is 1. The minimum absolute atomic E-state index is 0.0619. The van der Waals surface area contributed by atoms with Crippen LogP contribution in [0.5, 0.6) is 5.75 Å². The molecule has 1 saturated heterocycles. The van der Waals surface area contributed by atoms with Crippen molar-refractivity contribution < 1.29 is 14.6 Å². The van der Waals surface area contributed by atoms with E-state index in [9.17, 15) is 9.90 Å². The van der Waals surface area contributed by atoms with Crippen LogP contribution >= 0.6 is 0 Å². The number of nitrogens with zero attached hydrogens (tertiary/aromatic N) is 2. The van der Waals surface area contributed by atoms with E-state index in [0.29, 0.717) is 29.8 Å². The topological polar surface area (TPSA) is 73.6 Å². The maximum Gasteiger partial charge on any atom is 0.223 e. The fraction of sp³-hybridized carbons (Fsp3) is 0.529. The Hall–Kier alpha value is -2.06. The molecule has 22 heavy (non-hydrogen) atoms. The van der Waals surface area contributed by atoms with E-state index in [1.807, 2.05) is 13.8 Å². The van der Waals surface area contributed by atoms with Gasteiger partial charge in [0.25, 0.3) is 0 Å². The lowest BCUT2D eigenvalue weighted by molar-refractivity contribution is -0.150. The molecule has 3 rings (SSSR count). The second kappa shape index (κ2) is 5.29. The van der Waals surface area contributed by atoms with Crippen LogP contribution in [0.2, 0.25) is 0 Å². The van der Waals surface area contributed by atoms with Crippen LogP contribution in [0.4, 0.5) is 0 Å². The number of aliphatic hydroxyl groups is 1. The molecule has 0 radical (unpaired) electrons. The lowest BCUT2D eigenvalue weighted by atomic mass is 9.83. The maximum atomic E-state index is 12.3. The fourth-order valence-corrected chi connectivity index (χ4v) is 3.50. The third kappa shape index (κ3) is 2.34. The Bertz CT molecular complexity index is 648. The molecule has 116 valence electrons. The molecule has 2 aliphatic heterocycles. The van der Waals surface area contributed by atoms with E-state index in [4.69, 9.17) is 10.00 Å². The van der Waals surface area contributed by atoms with Gasteiger partial charge in [-0.05, 0) is 44.9 Å². The molecule has 1 aromatic carbocycles. The molecule has 1 amide bonds. The first-order chi connectivity index (χ1) is 10.4. The number of rotatable bonds is 1.